The second-order valence-electron chi connectivity index (χ2n) is 11.4. The van der Waals surface area contributed by atoms with Crippen LogP contribution in [-0.4, -0.2) is 30.1 Å². The van der Waals surface area contributed by atoms with E-state index in [0.717, 1.165) is 25.7 Å². The smallest absolute Gasteiger partial charge is 0.305 e. The number of rotatable bonds is 4. The zero-order valence-corrected chi connectivity index (χ0v) is 18.8. The van der Waals surface area contributed by atoms with Crippen LogP contribution in [0.2, 0.25) is 0 Å². The van der Waals surface area contributed by atoms with Crippen LogP contribution in [0.3, 0.4) is 0 Å². The molecule has 4 nitrogen and oxygen atoms in total. The van der Waals surface area contributed by atoms with Crippen LogP contribution < -0.4 is 0 Å². The molecule has 9 atom stereocenters. The SMILES string of the molecule is COC(=O)CC[C@@H](C)[C@H]1CC[C@H]2[C@H]3[C@H](O)C[C@@H]4CC(=O)CC[C@]4(C)[C@@H]3CC[C@]12C. The lowest BCUT2D eigenvalue weighted by molar-refractivity contribution is -0.169. The number of fused-ring (bicyclic) bond motifs is 5. The Labute approximate surface area is 176 Å². The Bertz CT molecular complexity index is 659. The van der Waals surface area contributed by atoms with E-state index in [2.05, 4.69) is 20.8 Å². The maximum Gasteiger partial charge on any atom is 0.305 e. The predicted octanol–water partition coefficient (Wildman–Crippen LogP) is 4.77. The van der Waals surface area contributed by atoms with E-state index in [1.165, 1.54) is 32.8 Å². The Morgan fingerprint density at radius 3 is 2.62 bits per heavy atom. The van der Waals surface area contributed by atoms with E-state index in [4.69, 9.17) is 4.74 Å². The number of aliphatic hydroxyl groups excluding tert-OH is 1. The van der Waals surface area contributed by atoms with Crippen molar-refractivity contribution in [3.8, 4) is 0 Å². The molecule has 0 radical (unpaired) electrons. The van der Waals surface area contributed by atoms with Crippen LogP contribution in [0.4, 0.5) is 0 Å². The summed E-state index contributed by atoms with van der Waals surface area (Å²) in [6.45, 7) is 7.22. The standard InChI is InChI=1S/C25H40O4/c1-15(5-8-22(28)29-4)18-6-7-19-23-20(10-12-25(18,19)3)24(2)11-9-17(26)13-16(24)14-21(23)27/h15-16,18-21,23,27H,5-14H2,1-4H3/t15-,16+,18-,19+,20-,21-,23-,24+,25-/m1/s1. The van der Waals surface area contributed by atoms with Crippen molar-refractivity contribution in [2.75, 3.05) is 7.11 Å². The van der Waals surface area contributed by atoms with Gasteiger partial charge in [-0.25, -0.2) is 0 Å². The van der Waals surface area contributed by atoms with Gasteiger partial charge < -0.3 is 9.84 Å². The van der Waals surface area contributed by atoms with Gasteiger partial charge in [-0.3, -0.25) is 9.59 Å². The van der Waals surface area contributed by atoms with Gasteiger partial charge in [0.2, 0.25) is 0 Å². The van der Waals surface area contributed by atoms with Crippen molar-refractivity contribution in [1.82, 2.24) is 0 Å². The van der Waals surface area contributed by atoms with Crippen molar-refractivity contribution in [2.24, 2.45) is 46.3 Å². The largest absolute Gasteiger partial charge is 0.469 e. The number of esters is 1. The minimum atomic E-state index is -0.252. The Morgan fingerprint density at radius 2 is 1.90 bits per heavy atom. The van der Waals surface area contributed by atoms with Crippen LogP contribution in [-0.2, 0) is 14.3 Å². The van der Waals surface area contributed by atoms with Crippen molar-refractivity contribution in [3.05, 3.63) is 0 Å². The average Bonchev–Trinajstić information content (AvgIpc) is 3.04. The molecule has 4 aliphatic rings. The van der Waals surface area contributed by atoms with E-state index in [1.54, 1.807) is 0 Å². The fourth-order valence-electron chi connectivity index (χ4n) is 8.64. The van der Waals surface area contributed by atoms with Gasteiger partial charge in [-0.05, 0) is 91.3 Å². The number of Topliss-reactive ketones (excluding diaryl/α,β-unsaturated/α-hetero) is 1. The number of hydrogen-bond acceptors (Lipinski definition) is 4. The van der Waals surface area contributed by atoms with Gasteiger partial charge in [0, 0.05) is 19.3 Å². The topological polar surface area (TPSA) is 63.6 Å². The molecule has 0 spiro atoms. The van der Waals surface area contributed by atoms with Crippen molar-refractivity contribution < 1.29 is 19.4 Å². The van der Waals surface area contributed by atoms with Crippen molar-refractivity contribution in [2.45, 2.75) is 91.1 Å². The van der Waals surface area contributed by atoms with Crippen LogP contribution >= 0.6 is 0 Å². The minimum absolute atomic E-state index is 0.103. The van der Waals surface area contributed by atoms with Crippen molar-refractivity contribution in [1.29, 1.82) is 0 Å². The molecule has 0 heterocycles. The van der Waals surface area contributed by atoms with E-state index in [1.807, 2.05) is 0 Å². The Kier molecular flexibility index (Phi) is 5.63. The molecule has 4 aliphatic carbocycles. The van der Waals surface area contributed by atoms with Gasteiger partial charge in [0.25, 0.3) is 0 Å². The number of ether oxygens (including phenoxy) is 1. The van der Waals surface area contributed by atoms with Gasteiger partial charge in [-0.2, -0.15) is 0 Å². The maximum absolute atomic E-state index is 12.1. The normalized spacial score (nSPS) is 47.7. The molecule has 0 aromatic carbocycles. The summed E-state index contributed by atoms with van der Waals surface area (Å²) in [6, 6.07) is 0. The first kappa shape index (κ1) is 21.3. The molecule has 29 heavy (non-hydrogen) atoms. The lowest BCUT2D eigenvalue weighted by Gasteiger charge is -2.62. The monoisotopic (exact) mass is 404 g/mol. The van der Waals surface area contributed by atoms with E-state index in [-0.39, 0.29) is 22.9 Å². The van der Waals surface area contributed by atoms with Gasteiger partial charge in [0.15, 0.2) is 0 Å². The van der Waals surface area contributed by atoms with E-state index < -0.39 is 0 Å². The lowest BCUT2D eigenvalue weighted by atomic mass is 9.44. The molecule has 4 heteroatoms. The molecule has 1 N–H and O–H groups in total. The van der Waals surface area contributed by atoms with Crippen LogP contribution in [0, 0.1) is 46.3 Å². The molecule has 0 aliphatic heterocycles. The van der Waals surface area contributed by atoms with Gasteiger partial charge in [0.1, 0.15) is 5.78 Å². The Hall–Kier alpha value is -0.900. The summed E-state index contributed by atoms with van der Waals surface area (Å²) in [5.74, 6) is 3.35. The number of ketones is 1. The third-order valence-corrected chi connectivity index (χ3v) is 10.3. The fraction of sp³-hybridized carbons (Fsp3) is 0.920. The molecule has 4 saturated carbocycles. The highest BCUT2D eigenvalue weighted by Gasteiger charge is 2.62. The highest BCUT2D eigenvalue weighted by molar-refractivity contribution is 5.79. The van der Waals surface area contributed by atoms with Crippen LogP contribution in [0.25, 0.3) is 0 Å². The summed E-state index contributed by atoms with van der Waals surface area (Å²) in [5.41, 5.74) is 0.499. The zero-order valence-electron chi connectivity index (χ0n) is 18.8. The molecular weight excluding hydrogens is 364 g/mol. The molecule has 0 unspecified atom stereocenters. The van der Waals surface area contributed by atoms with Crippen molar-refractivity contribution >= 4 is 11.8 Å². The second kappa shape index (κ2) is 7.66. The summed E-state index contributed by atoms with van der Waals surface area (Å²) >= 11 is 0. The number of aliphatic hydroxyl groups is 1. The molecule has 0 aromatic heterocycles. The van der Waals surface area contributed by atoms with E-state index >= 15 is 0 Å². The molecule has 164 valence electrons. The number of methoxy groups -OCH3 is 1. The van der Waals surface area contributed by atoms with Gasteiger partial charge >= 0.3 is 5.97 Å². The molecule has 0 bridgehead atoms. The first-order valence-electron chi connectivity index (χ1n) is 12.0. The third kappa shape index (κ3) is 3.38. The molecule has 4 fully saturated rings. The summed E-state index contributed by atoms with van der Waals surface area (Å²) in [5, 5.41) is 11.3. The van der Waals surface area contributed by atoms with Gasteiger partial charge in [0.05, 0.1) is 13.2 Å². The van der Waals surface area contributed by atoms with Crippen molar-refractivity contribution in [3.63, 3.8) is 0 Å². The van der Waals surface area contributed by atoms with Gasteiger partial charge in [-0.1, -0.05) is 20.8 Å². The predicted molar refractivity (Wildman–Crippen MR) is 112 cm³/mol. The Balaban J connectivity index is 1.53. The highest BCUT2D eigenvalue weighted by atomic mass is 16.5. The van der Waals surface area contributed by atoms with Crippen LogP contribution in [0.5, 0.6) is 0 Å². The molecule has 4 rings (SSSR count). The van der Waals surface area contributed by atoms with Gasteiger partial charge in [-0.15, -0.1) is 0 Å². The summed E-state index contributed by atoms with van der Waals surface area (Å²) in [6.07, 6.45) is 9.27. The number of carbonyl (C=O) groups is 2. The number of carbonyl (C=O) groups excluding carboxylic acids is 2. The summed E-state index contributed by atoms with van der Waals surface area (Å²) in [4.78, 5) is 23.7. The van der Waals surface area contributed by atoms with E-state index in [0.29, 0.717) is 54.1 Å². The molecular formula is C25H40O4. The molecule has 0 saturated heterocycles. The molecule has 0 amide bonds. The summed E-state index contributed by atoms with van der Waals surface area (Å²) in [7, 11) is 1.47. The van der Waals surface area contributed by atoms with E-state index in [9.17, 15) is 14.7 Å². The van der Waals surface area contributed by atoms with Crippen LogP contribution in [0.15, 0.2) is 0 Å². The Morgan fingerprint density at radius 1 is 1.17 bits per heavy atom. The number of hydrogen-bond donors (Lipinski definition) is 1. The van der Waals surface area contributed by atoms with Crippen LogP contribution in [0.1, 0.15) is 85.0 Å². The maximum atomic E-state index is 12.1. The average molecular weight is 405 g/mol. The minimum Gasteiger partial charge on any atom is -0.469 e. The summed E-state index contributed by atoms with van der Waals surface area (Å²) < 4.78 is 4.85. The fourth-order valence-corrected chi connectivity index (χ4v) is 8.64. The molecule has 0 aromatic rings. The lowest BCUT2D eigenvalue weighted by Crippen LogP contribution is -2.58. The first-order valence-corrected chi connectivity index (χ1v) is 12.0. The quantitative estimate of drug-likeness (QED) is 0.685. The zero-order chi connectivity index (χ0) is 21.0. The third-order valence-electron chi connectivity index (χ3n) is 10.3. The highest BCUT2D eigenvalue weighted by Crippen LogP contribution is 2.68. The first-order chi connectivity index (χ1) is 13.7. The second-order valence-corrected chi connectivity index (χ2v) is 11.4.